The van der Waals surface area contributed by atoms with Crippen molar-refractivity contribution in [1.82, 2.24) is 4.90 Å². The Hall–Kier alpha value is -0.750. The van der Waals surface area contributed by atoms with Crippen LogP contribution in [-0.2, 0) is 15.6 Å². The summed E-state index contributed by atoms with van der Waals surface area (Å²) in [6.07, 6.45) is 22.9. The van der Waals surface area contributed by atoms with Gasteiger partial charge in [0.05, 0.1) is 19.6 Å². The van der Waals surface area contributed by atoms with Gasteiger partial charge >= 0.3 is 7.82 Å². The second-order valence-corrected chi connectivity index (χ2v) is 13.7. The van der Waals surface area contributed by atoms with Gasteiger partial charge in [-0.25, -0.2) is 4.57 Å². The Labute approximate surface area is 260 Å². The van der Waals surface area contributed by atoms with Gasteiger partial charge in [-0.05, 0) is 39.3 Å². The number of phosphoric acid groups is 1. The van der Waals surface area contributed by atoms with Gasteiger partial charge in [0.25, 0.3) is 0 Å². The van der Waals surface area contributed by atoms with Gasteiger partial charge in [0.1, 0.15) is 12.6 Å². The van der Waals surface area contributed by atoms with E-state index in [1.165, 1.54) is 108 Å². The third-order valence-electron chi connectivity index (χ3n) is 9.45. The molecule has 2 N–H and O–H groups in total. The lowest BCUT2D eigenvalue weighted by atomic mass is 10.0. The van der Waals surface area contributed by atoms with E-state index in [9.17, 15) is 14.4 Å². The molecule has 1 atom stereocenters. The molecule has 6 nitrogen and oxygen atoms in total. The molecule has 7 heteroatoms. The molecule has 1 rings (SSSR count). The zero-order valence-corrected chi connectivity index (χ0v) is 28.9. The topological polar surface area (TPSA) is 70.0 Å². The Morgan fingerprint density at radius 3 is 1.57 bits per heavy atom. The average Bonchev–Trinajstić information content (AvgIpc) is 2.98. The van der Waals surface area contributed by atoms with Crippen molar-refractivity contribution < 1.29 is 23.4 Å². The van der Waals surface area contributed by atoms with Crippen LogP contribution in [0.3, 0.4) is 0 Å². The van der Waals surface area contributed by atoms with Gasteiger partial charge in [-0.2, -0.15) is 0 Å². The highest BCUT2D eigenvalue weighted by atomic mass is 31.2. The molecule has 0 heterocycles. The molecule has 0 aliphatic rings. The van der Waals surface area contributed by atoms with Crippen LogP contribution in [0.25, 0.3) is 0 Å². The number of quaternary nitrogens is 1. The molecular formula is C35H68N2O4P+. The van der Waals surface area contributed by atoms with Crippen LogP contribution in [0, 0.1) is 0 Å². The lowest BCUT2D eigenvalue weighted by molar-refractivity contribution is -0.947. The standard InChI is InChI=1S/C35H67N2O4P/c1-5-9-10-11-12-13-14-15-16-17-18-19-20-21-22-26-30-36(32-34-27-24-23-25-28-34)31-29-35(33-41-42(38,39)40)37(6-2,7-3)8-4/h23-25,27-28,35H,5-22,26,29-33H2,1-4H3,(H-,38,39,40)/p+1. The highest BCUT2D eigenvalue weighted by Gasteiger charge is 2.34. The first-order chi connectivity index (χ1) is 20.3. The highest BCUT2D eigenvalue weighted by Crippen LogP contribution is 2.37. The maximum atomic E-state index is 11.5. The summed E-state index contributed by atoms with van der Waals surface area (Å²) in [6, 6.07) is 10.7. The maximum Gasteiger partial charge on any atom is 0.469 e. The Morgan fingerprint density at radius 2 is 1.14 bits per heavy atom. The molecule has 0 saturated heterocycles. The van der Waals surface area contributed by atoms with E-state index in [2.05, 4.69) is 62.9 Å². The average molecular weight is 612 g/mol. The van der Waals surface area contributed by atoms with E-state index in [-0.39, 0.29) is 12.6 Å². The van der Waals surface area contributed by atoms with Gasteiger partial charge in [0, 0.05) is 19.5 Å². The predicted octanol–water partition coefficient (Wildman–Crippen LogP) is 9.49. The van der Waals surface area contributed by atoms with E-state index in [0.29, 0.717) is 0 Å². The number of hydrogen-bond donors (Lipinski definition) is 2. The second kappa shape index (κ2) is 24.6. The molecule has 42 heavy (non-hydrogen) atoms. The van der Waals surface area contributed by atoms with Crippen LogP contribution in [0.5, 0.6) is 0 Å². The maximum absolute atomic E-state index is 11.5. The van der Waals surface area contributed by atoms with Crippen molar-refractivity contribution >= 4 is 7.82 Å². The van der Waals surface area contributed by atoms with Crippen molar-refractivity contribution in [3.63, 3.8) is 0 Å². The summed E-state index contributed by atoms with van der Waals surface area (Å²) in [5, 5.41) is 0. The lowest BCUT2D eigenvalue weighted by Gasteiger charge is -2.43. The Balaban J connectivity index is 2.42. The van der Waals surface area contributed by atoms with Crippen molar-refractivity contribution in [2.45, 2.75) is 149 Å². The van der Waals surface area contributed by atoms with Crippen molar-refractivity contribution in [2.24, 2.45) is 0 Å². The van der Waals surface area contributed by atoms with Crippen LogP contribution < -0.4 is 0 Å². The molecule has 0 radical (unpaired) electrons. The minimum Gasteiger partial charge on any atom is -0.320 e. The number of nitrogens with zero attached hydrogens (tertiary/aromatic N) is 2. The number of phosphoric ester groups is 1. The summed E-state index contributed by atoms with van der Waals surface area (Å²) >= 11 is 0. The molecule has 1 aromatic carbocycles. The Kier molecular flexibility index (Phi) is 23.0. The fourth-order valence-electron chi connectivity index (χ4n) is 6.47. The third kappa shape index (κ3) is 18.8. The molecule has 1 aromatic rings. The smallest absolute Gasteiger partial charge is 0.320 e. The van der Waals surface area contributed by atoms with Gasteiger partial charge in [0.15, 0.2) is 0 Å². The number of benzene rings is 1. The van der Waals surface area contributed by atoms with Crippen molar-refractivity contribution in [3.8, 4) is 0 Å². The number of likely N-dealkylation sites (N-methyl/N-ethyl adjacent to an activating group) is 1. The summed E-state index contributed by atoms with van der Waals surface area (Å²) in [5.74, 6) is 0. The molecular weight excluding hydrogens is 543 g/mol. The molecule has 0 fully saturated rings. The minimum atomic E-state index is -4.49. The summed E-state index contributed by atoms with van der Waals surface area (Å²) in [5.41, 5.74) is 1.32. The van der Waals surface area contributed by atoms with Gasteiger partial charge < -0.3 is 14.3 Å². The molecule has 0 bridgehead atoms. The first kappa shape index (κ1) is 39.3. The number of hydrogen-bond acceptors (Lipinski definition) is 3. The minimum absolute atomic E-state index is 0.0571. The first-order valence-corrected chi connectivity index (χ1v) is 19.1. The van der Waals surface area contributed by atoms with Crippen molar-refractivity contribution in [1.29, 1.82) is 0 Å². The van der Waals surface area contributed by atoms with E-state index < -0.39 is 7.82 Å². The fraction of sp³-hybridized carbons (Fsp3) is 0.829. The largest absolute Gasteiger partial charge is 0.469 e. The van der Waals surface area contributed by atoms with Crippen LogP contribution in [-0.4, -0.2) is 64.5 Å². The lowest BCUT2D eigenvalue weighted by Crippen LogP contribution is -2.57. The molecule has 0 aromatic heterocycles. The molecule has 246 valence electrons. The normalized spacial score (nSPS) is 13.2. The predicted molar refractivity (Wildman–Crippen MR) is 180 cm³/mol. The van der Waals surface area contributed by atoms with Crippen LogP contribution in [0.1, 0.15) is 142 Å². The van der Waals surface area contributed by atoms with Crippen LogP contribution in [0.2, 0.25) is 0 Å². The zero-order valence-electron chi connectivity index (χ0n) is 28.0. The molecule has 0 saturated carbocycles. The van der Waals surface area contributed by atoms with E-state index in [1.54, 1.807) is 0 Å². The fourth-order valence-corrected chi connectivity index (χ4v) is 6.84. The van der Waals surface area contributed by atoms with E-state index in [0.717, 1.165) is 50.2 Å². The summed E-state index contributed by atoms with van der Waals surface area (Å²) in [6.45, 7) is 14.6. The van der Waals surface area contributed by atoms with Crippen molar-refractivity contribution in [3.05, 3.63) is 35.9 Å². The van der Waals surface area contributed by atoms with Crippen LogP contribution in [0.15, 0.2) is 30.3 Å². The second-order valence-electron chi connectivity index (χ2n) is 12.5. The van der Waals surface area contributed by atoms with Gasteiger partial charge in [-0.1, -0.05) is 134 Å². The zero-order chi connectivity index (χ0) is 30.9. The van der Waals surface area contributed by atoms with Gasteiger partial charge in [-0.15, -0.1) is 0 Å². The van der Waals surface area contributed by atoms with Crippen LogP contribution >= 0.6 is 7.82 Å². The SMILES string of the molecule is CCCCCCCCCCCCCCCCCCN(CCC(COP(=O)(O)O)[N+](CC)(CC)CC)Cc1ccccc1. The van der Waals surface area contributed by atoms with E-state index in [1.807, 2.05) is 0 Å². The van der Waals surface area contributed by atoms with Crippen molar-refractivity contribution in [2.75, 3.05) is 39.3 Å². The molecule has 0 aliphatic heterocycles. The Morgan fingerprint density at radius 1 is 0.690 bits per heavy atom. The number of unbranched alkanes of at least 4 members (excludes halogenated alkanes) is 15. The molecule has 1 unspecified atom stereocenters. The highest BCUT2D eigenvalue weighted by molar-refractivity contribution is 7.46. The van der Waals surface area contributed by atoms with Gasteiger partial charge in [0.2, 0.25) is 0 Å². The monoisotopic (exact) mass is 611 g/mol. The molecule has 0 amide bonds. The third-order valence-corrected chi connectivity index (χ3v) is 9.94. The quantitative estimate of drug-likeness (QED) is 0.0536. The molecule has 0 aliphatic carbocycles. The Bertz CT molecular complexity index is 776. The first-order valence-electron chi connectivity index (χ1n) is 17.6. The van der Waals surface area contributed by atoms with E-state index >= 15 is 0 Å². The number of rotatable bonds is 29. The van der Waals surface area contributed by atoms with Gasteiger partial charge in [-0.3, -0.25) is 9.42 Å². The summed E-state index contributed by atoms with van der Waals surface area (Å²) in [7, 11) is -4.49. The molecule has 0 spiro atoms. The van der Waals surface area contributed by atoms with E-state index in [4.69, 9.17) is 4.52 Å². The summed E-state index contributed by atoms with van der Waals surface area (Å²) in [4.78, 5) is 21.3. The summed E-state index contributed by atoms with van der Waals surface area (Å²) < 4.78 is 17.4. The van der Waals surface area contributed by atoms with Crippen LogP contribution in [0.4, 0.5) is 0 Å².